The maximum Gasteiger partial charge on any atom is 0.327 e. The fraction of sp³-hybridized carbons (Fsp3) is 0.500. The van der Waals surface area contributed by atoms with Crippen LogP contribution in [0.4, 0.5) is 0 Å². The number of hydrogen-bond donors (Lipinski definition) is 1. The molecule has 1 aromatic carbocycles. The minimum Gasteiger partial charge on any atom is -0.497 e. The second-order valence-electron chi connectivity index (χ2n) is 5.70. The summed E-state index contributed by atoms with van der Waals surface area (Å²) in [4.78, 5) is 25.1. The van der Waals surface area contributed by atoms with Gasteiger partial charge in [0, 0.05) is 11.6 Å². The Kier molecular flexibility index (Phi) is 4.59. The number of carbonyl (C=O) groups is 2. The number of carboxylic acids is 1. The van der Waals surface area contributed by atoms with E-state index in [9.17, 15) is 14.7 Å². The van der Waals surface area contributed by atoms with Crippen LogP contribution in [0.2, 0.25) is 0 Å². The van der Waals surface area contributed by atoms with Gasteiger partial charge in [-0.25, -0.2) is 4.79 Å². The molecule has 1 aromatic rings. The fourth-order valence-corrected chi connectivity index (χ4v) is 2.85. The van der Waals surface area contributed by atoms with Crippen molar-refractivity contribution in [3.8, 4) is 11.5 Å². The summed E-state index contributed by atoms with van der Waals surface area (Å²) in [5.41, 5.74) is 0.755. The summed E-state index contributed by atoms with van der Waals surface area (Å²) >= 11 is 0. The molecule has 1 aliphatic rings. The third-order valence-corrected chi connectivity index (χ3v) is 4.05. The number of hydrogen-bond acceptors (Lipinski definition) is 4. The van der Waals surface area contributed by atoms with E-state index in [1.54, 1.807) is 25.3 Å². The number of methoxy groups -OCH3 is 2. The molecule has 120 valence electrons. The molecule has 0 unspecified atom stereocenters. The fourth-order valence-electron chi connectivity index (χ4n) is 2.85. The van der Waals surface area contributed by atoms with Gasteiger partial charge in [-0.15, -0.1) is 0 Å². The van der Waals surface area contributed by atoms with Crippen LogP contribution in [0, 0.1) is 11.8 Å². The van der Waals surface area contributed by atoms with Gasteiger partial charge >= 0.3 is 5.97 Å². The third kappa shape index (κ3) is 2.73. The number of carbonyl (C=O) groups excluding carboxylic acids is 1. The van der Waals surface area contributed by atoms with Crippen LogP contribution in [-0.4, -0.2) is 42.1 Å². The highest BCUT2D eigenvalue weighted by atomic mass is 16.5. The number of nitrogens with zero attached hydrogens (tertiary/aromatic N) is 1. The zero-order valence-corrected chi connectivity index (χ0v) is 13.2. The highest BCUT2D eigenvalue weighted by Gasteiger charge is 2.52. The first-order chi connectivity index (χ1) is 10.4. The molecule has 0 bridgehead atoms. The van der Waals surface area contributed by atoms with Crippen molar-refractivity contribution in [3.63, 3.8) is 0 Å². The maximum atomic E-state index is 12.2. The average molecular weight is 307 g/mol. The molecule has 2 rings (SSSR count). The Morgan fingerprint density at radius 1 is 1.32 bits per heavy atom. The van der Waals surface area contributed by atoms with E-state index in [1.165, 1.54) is 12.0 Å². The number of ether oxygens (including phenoxy) is 2. The van der Waals surface area contributed by atoms with E-state index in [0.29, 0.717) is 11.5 Å². The predicted molar refractivity (Wildman–Crippen MR) is 79.8 cm³/mol. The lowest BCUT2D eigenvalue weighted by Gasteiger charge is -2.46. The van der Waals surface area contributed by atoms with Crippen molar-refractivity contribution in [2.24, 2.45) is 11.8 Å². The second-order valence-corrected chi connectivity index (χ2v) is 5.70. The summed E-state index contributed by atoms with van der Waals surface area (Å²) < 4.78 is 10.4. The first kappa shape index (κ1) is 16.1. The first-order valence-corrected chi connectivity index (χ1v) is 7.14. The van der Waals surface area contributed by atoms with Crippen molar-refractivity contribution >= 4 is 11.9 Å². The molecule has 0 radical (unpaired) electrons. The van der Waals surface area contributed by atoms with Gasteiger partial charge in [0.1, 0.15) is 17.5 Å². The van der Waals surface area contributed by atoms with Crippen molar-refractivity contribution < 1.29 is 24.2 Å². The smallest absolute Gasteiger partial charge is 0.327 e. The summed E-state index contributed by atoms with van der Waals surface area (Å²) in [6.07, 6.45) is 0. The predicted octanol–water partition coefficient (Wildman–Crippen LogP) is 1.77. The lowest BCUT2D eigenvalue weighted by molar-refractivity contribution is -0.175. The van der Waals surface area contributed by atoms with Crippen molar-refractivity contribution in [3.05, 3.63) is 23.8 Å². The van der Waals surface area contributed by atoms with Gasteiger partial charge in [0.2, 0.25) is 5.91 Å². The van der Waals surface area contributed by atoms with E-state index in [2.05, 4.69) is 0 Å². The molecule has 0 aliphatic carbocycles. The van der Waals surface area contributed by atoms with Crippen LogP contribution in [0.5, 0.6) is 11.5 Å². The van der Waals surface area contributed by atoms with Crippen LogP contribution in [0.3, 0.4) is 0 Å². The minimum atomic E-state index is -0.967. The molecule has 0 saturated carbocycles. The van der Waals surface area contributed by atoms with Crippen LogP contribution < -0.4 is 9.47 Å². The zero-order chi connectivity index (χ0) is 16.4. The number of carboxylic acid groups (broad SMARTS) is 1. The van der Waals surface area contributed by atoms with Crippen LogP contribution in [0.25, 0.3) is 0 Å². The third-order valence-electron chi connectivity index (χ3n) is 4.05. The molecule has 1 saturated heterocycles. The van der Waals surface area contributed by atoms with Crippen LogP contribution in [-0.2, 0) is 16.1 Å². The highest BCUT2D eigenvalue weighted by molar-refractivity contribution is 5.96. The molecule has 1 N–H and O–H groups in total. The number of likely N-dealkylation sites (tertiary alicyclic amines) is 1. The summed E-state index contributed by atoms with van der Waals surface area (Å²) in [5, 5.41) is 9.38. The Hall–Kier alpha value is -2.24. The van der Waals surface area contributed by atoms with E-state index in [1.807, 2.05) is 13.8 Å². The topological polar surface area (TPSA) is 76.1 Å². The average Bonchev–Trinajstić information content (AvgIpc) is 2.48. The maximum absolute atomic E-state index is 12.2. The SMILES string of the molecule is COc1ccc(CN2C(=O)[C@@H](C(C)C)[C@@H]2C(=O)O)c(OC)c1. The monoisotopic (exact) mass is 307 g/mol. The number of β-lactam (4-membered cyclic amide) rings is 1. The number of rotatable bonds is 6. The zero-order valence-electron chi connectivity index (χ0n) is 13.2. The Morgan fingerprint density at radius 3 is 2.50 bits per heavy atom. The Morgan fingerprint density at radius 2 is 2.00 bits per heavy atom. The van der Waals surface area contributed by atoms with Crippen molar-refractivity contribution in [2.45, 2.75) is 26.4 Å². The molecule has 2 atom stereocenters. The van der Waals surface area contributed by atoms with Crippen molar-refractivity contribution in [1.82, 2.24) is 4.90 Å². The number of benzene rings is 1. The largest absolute Gasteiger partial charge is 0.497 e. The van der Waals surface area contributed by atoms with E-state index >= 15 is 0 Å². The van der Waals surface area contributed by atoms with Crippen molar-refractivity contribution in [1.29, 1.82) is 0 Å². The summed E-state index contributed by atoms with van der Waals surface area (Å²) in [5.74, 6) is -0.329. The normalized spacial score (nSPS) is 20.8. The quantitative estimate of drug-likeness (QED) is 0.811. The highest BCUT2D eigenvalue weighted by Crippen LogP contribution is 2.36. The molecule has 0 spiro atoms. The van der Waals surface area contributed by atoms with E-state index in [-0.39, 0.29) is 18.4 Å². The Bertz CT molecular complexity index is 584. The van der Waals surface area contributed by atoms with Crippen molar-refractivity contribution in [2.75, 3.05) is 14.2 Å². The van der Waals surface area contributed by atoms with Crippen LogP contribution in [0.1, 0.15) is 19.4 Å². The van der Waals surface area contributed by atoms with Gasteiger partial charge < -0.3 is 19.5 Å². The Labute approximate surface area is 129 Å². The van der Waals surface area contributed by atoms with Gasteiger partial charge in [-0.05, 0) is 18.1 Å². The molecule has 1 aliphatic heterocycles. The molecule has 1 fully saturated rings. The van der Waals surface area contributed by atoms with Gasteiger partial charge in [-0.1, -0.05) is 13.8 Å². The molecule has 0 aromatic heterocycles. The van der Waals surface area contributed by atoms with E-state index < -0.39 is 17.9 Å². The Balaban J connectivity index is 2.23. The first-order valence-electron chi connectivity index (χ1n) is 7.14. The lowest BCUT2D eigenvalue weighted by Crippen LogP contribution is -2.65. The van der Waals surface area contributed by atoms with Gasteiger partial charge in [0.05, 0.1) is 26.7 Å². The molecule has 1 amide bonds. The lowest BCUT2D eigenvalue weighted by atomic mass is 9.78. The standard InChI is InChI=1S/C16H21NO5/c1-9(2)13-14(16(19)20)17(15(13)18)8-10-5-6-11(21-3)7-12(10)22-4/h5-7,9,13-14H,8H2,1-4H3,(H,19,20)/t13-,14+/m0/s1. The molecule has 6 nitrogen and oxygen atoms in total. The van der Waals surface area contributed by atoms with Gasteiger partial charge in [0.25, 0.3) is 0 Å². The van der Waals surface area contributed by atoms with Gasteiger partial charge in [0.15, 0.2) is 0 Å². The van der Waals surface area contributed by atoms with Gasteiger partial charge in [-0.2, -0.15) is 0 Å². The van der Waals surface area contributed by atoms with E-state index in [0.717, 1.165) is 5.56 Å². The van der Waals surface area contributed by atoms with Gasteiger partial charge in [-0.3, -0.25) is 4.79 Å². The summed E-state index contributed by atoms with van der Waals surface area (Å²) in [6.45, 7) is 3.94. The molecule has 6 heteroatoms. The van der Waals surface area contributed by atoms with E-state index in [4.69, 9.17) is 9.47 Å². The summed E-state index contributed by atoms with van der Waals surface area (Å²) in [6, 6.07) is 4.49. The number of aliphatic carboxylic acids is 1. The molecule has 22 heavy (non-hydrogen) atoms. The minimum absolute atomic E-state index is 0.00242. The molecular weight excluding hydrogens is 286 g/mol. The molecule has 1 heterocycles. The summed E-state index contributed by atoms with van der Waals surface area (Å²) in [7, 11) is 3.09. The molecular formula is C16H21NO5. The van der Waals surface area contributed by atoms with Crippen LogP contribution >= 0.6 is 0 Å². The van der Waals surface area contributed by atoms with Crippen LogP contribution in [0.15, 0.2) is 18.2 Å². The number of amides is 1. The second kappa shape index (κ2) is 6.25.